The van der Waals surface area contributed by atoms with Crippen LogP contribution in [-0.2, 0) is 4.74 Å². The van der Waals surface area contributed by atoms with Gasteiger partial charge in [-0.2, -0.15) is 0 Å². The first kappa shape index (κ1) is 15.8. The van der Waals surface area contributed by atoms with Crippen molar-refractivity contribution >= 4 is 35.1 Å². The molecule has 0 radical (unpaired) electrons. The molecule has 4 nitrogen and oxygen atoms in total. The summed E-state index contributed by atoms with van der Waals surface area (Å²) in [6.07, 6.45) is 0.857. The van der Waals surface area contributed by atoms with Gasteiger partial charge in [0, 0.05) is 5.56 Å². The number of hydrogen-bond acceptors (Lipinski definition) is 3. The van der Waals surface area contributed by atoms with Crippen molar-refractivity contribution in [3.05, 3.63) is 33.8 Å². The number of amides is 1. The zero-order valence-corrected chi connectivity index (χ0v) is 12.5. The predicted molar refractivity (Wildman–Crippen MR) is 78.1 cm³/mol. The van der Waals surface area contributed by atoms with Crippen molar-refractivity contribution < 1.29 is 9.53 Å². The summed E-state index contributed by atoms with van der Waals surface area (Å²) in [4.78, 5) is 16.2. The lowest BCUT2D eigenvalue weighted by Crippen LogP contribution is -2.32. The van der Waals surface area contributed by atoms with Gasteiger partial charge in [-0.15, -0.1) is 0 Å². The number of aliphatic imine (C=N–C) groups is 1. The van der Waals surface area contributed by atoms with Crippen molar-refractivity contribution in [2.45, 2.75) is 26.3 Å². The summed E-state index contributed by atoms with van der Waals surface area (Å²) in [7, 11) is 1.45. The van der Waals surface area contributed by atoms with Crippen LogP contribution in [0.4, 0.5) is 0 Å². The van der Waals surface area contributed by atoms with Crippen molar-refractivity contribution in [1.29, 1.82) is 0 Å². The van der Waals surface area contributed by atoms with Crippen LogP contribution in [0.1, 0.15) is 30.6 Å². The number of carbonyl (C=O) groups is 1. The summed E-state index contributed by atoms with van der Waals surface area (Å²) in [6, 6.07) is 4.90. The van der Waals surface area contributed by atoms with Gasteiger partial charge < -0.3 is 4.74 Å². The van der Waals surface area contributed by atoms with E-state index < -0.39 is 0 Å². The average molecular weight is 303 g/mol. The second-order valence-electron chi connectivity index (χ2n) is 3.98. The number of benzene rings is 1. The Morgan fingerprint density at radius 1 is 1.42 bits per heavy atom. The fourth-order valence-electron chi connectivity index (χ4n) is 1.23. The van der Waals surface area contributed by atoms with Gasteiger partial charge in [-0.25, -0.2) is 4.99 Å². The zero-order chi connectivity index (χ0) is 14.4. The molecule has 1 atom stereocenters. The lowest BCUT2D eigenvalue weighted by molar-refractivity contribution is 0.0968. The lowest BCUT2D eigenvalue weighted by atomic mass is 10.2. The van der Waals surface area contributed by atoms with Crippen molar-refractivity contribution in [1.82, 2.24) is 5.32 Å². The predicted octanol–water partition coefficient (Wildman–Crippen LogP) is 3.52. The highest BCUT2D eigenvalue weighted by atomic mass is 35.5. The van der Waals surface area contributed by atoms with E-state index in [1.54, 1.807) is 12.1 Å². The molecule has 0 saturated heterocycles. The van der Waals surface area contributed by atoms with Gasteiger partial charge in [0.2, 0.25) is 0 Å². The summed E-state index contributed by atoms with van der Waals surface area (Å²) >= 11 is 11.7. The van der Waals surface area contributed by atoms with E-state index in [4.69, 9.17) is 27.9 Å². The topological polar surface area (TPSA) is 50.7 Å². The molecule has 6 heteroatoms. The van der Waals surface area contributed by atoms with Crippen LogP contribution in [0.3, 0.4) is 0 Å². The van der Waals surface area contributed by atoms with E-state index in [1.807, 2.05) is 13.8 Å². The van der Waals surface area contributed by atoms with Crippen LogP contribution < -0.4 is 5.32 Å². The molecule has 104 valence electrons. The Morgan fingerprint density at radius 2 is 2.11 bits per heavy atom. The molecule has 1 N–H and O–H groups in total. The molecule has 0 aliphatic heterocycles. The van der Waals surface area contributed by atoms with Gasteiger partial charge in [0.1, 0.15) is 0 Å². The van der Waals surface area contributed by atoms with Crippen molar-refractivity contribution in [2.75, 3.05) is 7.11 Å². The zero-order valence-electron chi connectivity index (χ0n) is 11.0. The van der Waals surface area contributed by atoms with Crippen LogP contribution in [0.5, 0.6) is 0 Å². The first-order valence-electron chi connectivity index (χ1n) is 5.86. The molecule has 19 heavy (non-hydrogen) atoms. The van der Waals surface area contributed by atoms with Gasteiger partial charge in [-0.1, -0.05) is 30.1 Å². The molecule has 0 aliphatic carbocycles. The molecule has 1 rings (SSSR count). The molecule has 0 aliphatic rings. The van der Waals surface area contributed by atoms with Gasteiger partial charge in [-0.3, -0.25) is 10.1 Å². The summed E-state index contributed by atoms with van der Waals surface area (Å²) < 4.78 is 5.03. The van der Waals surface area contributed by atoms with Crippen LogP contribution in [-0.4, -0.2) is 25.1 Å². The van der Waals surface area contributed by atoms with Crippen molar-refractivity contribution in [2.24, 2.45) is 4.99 Å². The molecule has 0 fully saturated rings. The second kappa shape index (κ2) is 7.36. The molecule has 0 spiro atoms. The molecule has 0 heterocycles. The Kier molecular flexibility index (Phi) is 6.12. The molecule has 0 saturated carbocycles. The van der Waals surface area contributed by atoms with E-state index in [2.05, 4.69) is 10.3 Å². The fraction of sp³-hybridized carbons (Fsp3) is 0.385. The molecule has 0 aromatic heterocycles. The summed E-state index contributed by atoms with van der Waals surface area (Å²) in [5, 5.41) is 3.31. The van der Waals surface area contributed by atoms with Crippen molar-refractivity contribution in [3.8, 4) is 0 Å². The normalized spacial score (nSPS) is 13.0. The number of hydrogen-bond donors (Lipinski definition) is 1. The monoisotopic (exact) mass is 302 g/mol. The lowest BCUT2D eigenvalue weighted by Gasteiger charge is -2.10. The van der Waals surface area contributed by atoms with Crippen LogP contribution >= 0.6 is 23.2 Å². The Bertz CT molecular complexity index is 490. The van der Waals surface area contributed by atoms with Crippen molar-refractivity contribution in [3.63, 3.8) is 0 Å². The van der Waals surface area contributed by atoms with E-state index in [0.717, 1.165) is 6.42 Å². The van der Waals surface area contributed by atoms with Gasteiger partial charge >= 0.3 is 0 Å². The quantitative estimate of drug-likeness (QED) is 0.686. The van der Waals surface area contributed by atoms with E-state index in [1.165, 1.54) is 13.2 Å². The van der Waals surface area contributed by atoms with Crippen LogP contribution in [0.15, 0.2) is 23.2 Å². The molecule has 1 amide bonds. The highest BCUT2D eigenvalue weighted by Crippen LogP contribution is 2.22. The number of halogens is 2. The van der Waals surface area contributed by atoms with Crippen LogP contribution in [0.2, 0.25) is 10.0 Å². The molecular formula is C13H16Cl2N2O2. The highest BCUT2D eigenvalue weighted by molar-refractivity contribution is 6.42. The molecule has 1 aromatic carbocycles. The number of rotatable bonds is 3. The third-order valence-corrected chi connectivity index (χ3v) is 3.26. The maximum absolute atomic E-state index is 12.0. The number of methoxy groups -OCH3 is 1. The van der Waals surface area contributed by atoms with E-state index in [9.17, 15) is 4.79 Å². The van der Waals surface area contributed by atoms with E-state index in [-0.39, 0.29) is 18.0 Å². The van der Waals surface area contributed by atoms with Crippen LogP contribution in [0, 0.1) is 0 Å². The molecular weight excluding hydrogens is 287 g/mol. The molecule has 0 bridgehead atoms. The highest BCUT2D eigenvalue weighted by Gasteiger charge is 2.11. The summed E-state index contributed by atoms with van der Waals surface area (Å²) in [6.45, 7) is 3.94. The largest absolute Gasteiger partial charge is 0.468 e. The molecule has 1 aromatic rings. The number of nitrogens with zero attached hydrogens (tertiary/aromatic N) is 1. The maximum atomic E-state index is 12.0. The third kappa shape index (κ3) is 4.73. The first-order chi connectivity index (χ1) is 8.97. The minimum absolute atomic E-state index is 0.0732. The number of ether oxygens (including phenoxy) is 1. The van der Waals surface area contributed by atoms with Gasteiger partial charge in [0.05, 0.1) is 23.2 Å². The summed E-state index contributed by atoms with van der Waals surface area (Å²) in [5.41, 5.74) is 0.392. The Balaban J connectivity index is 2.83. The van der Waals surface area contributed by atoms with Gasteiger partial charge in [-0.05, 0) is 31.5 Å². The fourth-order valence-corrected chi connectivity index (χ4v) is 1.53. The first-order valence-corrected chi connectivity index (χ1v) is 6.61. The Hall–Kier alpha value is -1.26. The average Bonchev–Trinajstić information content (AvgIpc) is 2.40. The van der Waals surface area contributed by atoms with Crippen LogP contribution in [0.25, 0.3) is 0 Å². The van der Waals surface area contributed by atoms with E-state index >= 15 is 0 Å². The number of nitrogens with one attached hydrogen (secondary N) is 1. The second-order valence-corrected chi connectivity index (χ2v) is 4.79. The third-order valence-electron chi connectivity index (χ3n) is 2.52. The minimum atomic E-state index is -0.345. The van der Waals surface area contributed by atoms with Gasteiger partial charge in [0.25, 0.3) is 11.9 Å². The number of amidine groups is 1. The smallest absolute Gasteiger partial charge is 0.291 e. The minimum Gasteiger partial charge on any atom is -0.468 e. The van der Waals surface area contributed by atoms with Gasteiger partial charge in [0.15, 0.2) is 0 Å². The van der Waals surface area contributed by atoms with E-state index in [0.29, 0.717) is 15.6 Å². The Labute approximate surface area is 122 Å². The maximum Gasteiger partial charge on any atom is 0.291 e. The Morgan fingerprint density at radius 3 is 2.63 bits per heavy atom. The number of carbonyl (C=O) groups excluding carboxylic acids is 1. The standard InChI is InChI=1S/C13H16Cl2N2O2/c1-4-8(2)16-13(19-3)17-12(18)9-5-6-10(14)11(15)7-9/h5-8H,4H2,1-3H3,(H,16,17,18)/t8-/m1/s1. The molecule has 0 unspecified atom stereocenters. The SMILES string of the molecule is CC[C@@H](C)N=C(NC(=O)c1ccc(Cl)c(Cl)c1)OC. The summed E-state index contributed by atoms with van der Waals surface area (Å²) in [5.74, 6) is -0.345.